The Labute approximate surface area is 110 Å². The van der Waals surface area contributed by atoms with Crippen LogP contribution in [-0.2, 0) is 19.5 Å². The van der Waals surface area contributed by atoms with E-state index in [1.54, 1.807) is 0 Å². The predicted octanol–water partition coefficient (Wildman–Crippen LogP) is 2.44. The minimum atomic E-state index is -4.04. The number of fused-ring (bicyclic) bond motifs is 1. The van der Waals surface area contributed by atoms with Crippen LogP contribution < -0.4 is 5.32 Å². The van der Waals surface area contributed by atoms with Gasteiger partial charge in [-0.1, -0.05) is 0 Å². The normalized spacial score (nSPS) is 15.5. The van der Waals surface area contributed by atoms with Gasteiger partial charge in [0.25, 0.3) is 0 Å². The molecule has 19 heavy (non-hydrogen) atoms. The molecule has 4 nitrogen and oxygen atoms in total. The first-order valence-electron chi connectivity index (χ1n) is 6.75. The first kappa shape index (κ1) is 14.3. The van der Waals surface area contributed by atoms with E-state index >= 15 is 0 Å². The predicted molar refractivity (Wildman–Crippen MR) is 64.6 cm³/mol. The van der Waals surface area contributed by atoms with Crippen LogP contribution in [0.3, 0.4) is 0 Å². The summed E-state index contributed by atoms with van der Waals surface area (Å²) in [7, 11) is 0. The van der Waals surface area contributed by atoms with Crippen molar-refractivity contribution in [2.24, 2.45) is 0 Å². The van der Waals surface area contributed by atoms with E-state index < -0.39 is 12.6 Å². The summed E-state index contributed by atoms with van der Waals surface area (Å²) in [5.41, 5.74) is 0. The lowest BCUT2D eigenvalue weighted by Crippen LogP contribution is -2.20. The maximum absolute atomic E-state index is 11.9. The van der Waals surface area contributed by atoms with Gasteiger partial charge in [-0.25, -0.2) is 0 Å². The standard InChI is InChI=1S/C12H19F3N4/c13-12(14,15)6-2-3-7-16-9-11-18-17-10-5-1-4-8-19(10)11/h16H,1-9H2. The molecular formula is C12H19F3N4. The molecule has 0 atom stereocenters. The minimum Gasteiger partial charge on any atom is -0.314 e. The average molecular weight is 276 g/mol. The first-order chi connectivity index (χ1) is 9.06. The van der Waals surface area contributed by atoms with Crippen LogP contribution in [0.2, 0.25) is 0 Å². The van der Waals surface area contributed by atoms with Gasteiger partial charge in [-0.2, -0.15) is 13.2 Å². The van der Waals surface area contributed by atoms with Crippen molar-refractivity contribution in [2.75, 3.05) is 6.54 Å². The highest BCUT2D eigenvalue weighted by Gasteiger charge is 2.25. The molecule has 0 aromatic carbocycles. The van der Waals surface area contributed by atoms with E-state index in [1.807, 2.05) is 0 Å². The highest BCUT2D eigenvalue weighted by molar-refractivity contribution is 4.98. The first-order valence-corrected chi connectivity index (χ1v) is 6.75. The highest BCUT2D eigenvalue weighted by Crippen LogP contribution is 2.21. The van der Waals surface area contributed by atoms with Crippen LogP contribution in [0.25, 0.3) is 0 Å². The molecule has 0 aliphatic carbocycles. The van der Waals surface area contributed by atoms with E-state index in [2.05, 4.69) is 20.1 Å². The van der Waals surface area contributed by atoms with Crippen LogP contribution in [0.4, 0.5) is 13.2 Å². The molecule has 1 aromatic rings. The number of rotatable bonds is 6. The molecule has 0 radical (unpaired) electrons. The fraction of sp³-hybridized carbons (Fsp3) is 0.833. The zero-order valence-electron chi connectivity index (χ0n) is 10.8. The van der Waals surface area contributed by atoms with Crippen molar-refractivity contribution in [1.29, 1.82) is 0 Å². The quantitative estimate of drug-likeness (QED) is 0.811. The summed E-state index contributed by atoms with van der Waals surface area (Å²) in [6.07, 6.45) is -0.763. The molecule has 0 amide bonds. The maximum atomic E-state index is 11.9. The Morgan fingerprint density at radius 3 is 2.79 bits per heavy atom. The molecule has 1 aliphatic heterocycles. The Morgan fingerprint density at radius 2 is 2.00 bits per heavy atom. The second-order valence-corrected chi connectivity index (χ2v) is 4.89. The molecule has 0 saturated carbocycles. The highest BCUT2D eigenvalue weighted by atomic mass is 19.4. The molecule has 0 fully saturated rings. The average Bonchev–Trinajstić information content (AvgIpc) is 2.76. The third-order valence-electron chi connectivity index (χ3n) is 3.28. The van der Waals surface area contributed by atoms with Gasteiger partial charge in [0.2, 0.25) is 0 Å². The van der Waals surface area contributed by atoms with Gasteiger partial charge in [-0.3, -0.25) is 0 Å². The Morgan fingerprint density at radius 1 is 1.16 bits per heavy atom. The van der Waals surface area contributed by atoms with Gasteiger partial charge in [-0.15, -0.1) is 10.2 Å². The molecule has 1 N–H and O–H groups in total. The van der Waals surface area contributed by atoms with Gasteiger partial charge in [-0.05, 0) is 32.2 Å². The van der Waals surface area contributed by atoms with Gasteiger partial charge in [0.1, 0.15) is 11.6 Å². The van der Waals surface area contributed by atoms with E-state index in [4.69, 9.17) is 0 Å². The summed E-state index contributed by atoms with van der Waals surface area (Å²) in [4.78, 5) is 0. The molecule has 108 valence electrons. The maximum Gasteiger partial charge on any atom is 0.389 e. The molecule has 0 unspecified atom stereocenters. The van der Waals surface area contributed by atoms with Crippen LogP contribution in [-0.4, -0.2) is 27.5 Å². The van der Waals surface area contributed by atoms with E-state index in [9.17, 15) is 13.2 Å². The number of halogens is 3. The Bertz CT molecular complexity index is 400. The lowest BCUT2D eigenvalue weighted by molar-refractivity contribution is -0.135. The number of aromatic nitrogens is 3. The number of nitrogens with one attached hydrogen (secondary N) is 1. The zero-order chi connectivity index (χ0) is 13.7. The summed E-state index contributed by atoms with van der Waals surface area (Å²) in [6.45, 7) is 2.12. The van der Waals surface area contributed by atoms with Crippen LogP contribution >= 0.6 is 0 Å². The topological polar surface area (TPSA) is 42.7 Å². The molecular weight excluding hydrogens is 257 g/mol. The Balaban J connectivity index is 1.65. The number of alkyl halides is 3. The number of nitrogens with zero attached hydrogens (tertiary/aromatic N) is 3. The molecule has 2 rings (SSSR count). The second-order valence-electron chi connectivity index (χ2n) is 4.89. The van der Waals surface area contributed by atoms with Crippen molar-refractivity contribution in [3.8, 4) is 0 Å². The summed E-state index contributed by atoms with van der Waals surface area (Å²) in [5, 5.41) is 11.4. The molecule has 0 saturated heterocycles. The van der Waals surface area contributed by atoms with Gasteiger partial charge < -0.3 is 9.88 Å². The van der Waals surface area contributed by atoms with Crippen molar-refractivity contribution < 1.29 is 13.2 Å². The zero-order valence-corrected chi connectivity index (χ0v) is 10.8. The third-order valence-corrected chi connectivity index (χ3v) is 3.28. The molecule has 2 heterocycles. The monoisotopic (exact) mass is 276 g/mol. The number of aryl methyl sites for hydroxylation is 1. The van der Waals surface area contributed by atoms with Crippen molar-refractivity contribution >= 4 is 0 Å². The SMILES string of the molecule is FC(F)(F)CCCCNCc1nnc2n1CCCC2. The van der Waals surface area contributed by atoms with E-state index in [1.165, 1.54) is 0 Å². The summed E-state index contributed by atoms with van der Waals surface area (Å²) >= 11 is 0. The van der Waals surface area contributed by atoms with E-state index in [-0.39, 0.29) is 6.42 Å². The fourth-order valence-corrected chi connectivity index (χ4v) is 2.27. The van der Waals surface area contributed by atoms with Crippen molar-refractivity contribution in [3.63, 3.8) is 0 Å². The molecule has 0 spiro atoms. The summed E-state index contributed by atoms with van der Waals surface area (Å²) in [6, 6.07) is 0. The number of hydrogen-bond donors (Lipinski definition) is 1. The molecule has 1 aliphatic rings. The van der Waals surface area contributed by atoms with Crippen molar-refractivity contribution in [3.05, 3.63) is 11.6 Å². The van der Waals surface area contributed by atoms with E-state index in [0.29, 0.717) is 19.5 Å². The minimum absolute atomic E-state index is 0.175. The second kappa shape index (κ2) is 6.36. The summed E-state index contributed by atoms with van der Waals surface area (Å²) in [5.74, 6) is 1.92. The van der Waals surface area contributed by atoms with Crippen LogP contribution in [0.5, 0.6) is 0 Å². The Kier molecular flexibility index (Phi) is 4.79. The van der Waals surface area contributed by atoms with Crippen LogP contribution in [0, 0.1) is 0 Å². The largest absolute Gasteiger partial charge is 0.389 e. The number of hydrogen-bond acceptors (Lipinski definition) is 3. The lowest BCUT2D eigenvalue weighted by Gasteiger charge is -2.14. The van der Waals surface area contributed by atoms with Gasteiger partial charge >= 0.3 is 6.18 Å². The fourth-order valence-electron chi connectivity index (χ4n) is 2.27. The Hall–Kier alpha value is -1.11. The van der Waals surface area contributed by atoms with Gasteiger partial charge in [0.15, 0.2) is 0 Å². The van der Waals surface area contributed by atoms with Crippen molar-refractivity contribution in [1.82, 2.24) is 20.1 Å². The van der Waals surface area contributed by atoms with Gasteiger partial charge in [0, 0.05) is 19.4 Å². The summed E-state index contributed by atoms with van der Waals surface area (Å²) < 4.78 is 37.9. The van der Waals surface area contributed by atoms with E-state index in [0.717, 1.165) is 37.5 Å². The van der Waals surface area contributed by atoms with Gasteiger partial charge in [0.05, 0.1) is 6.54 Å². The van der Waals surface area contributed by atoms with Crippen LogP contribution in [0.1, 0.15) is 43.8 Å². The lowest BCUT2D eigenvalue weighted by atomic mass is 10.2. The third kappa shape index (κ3) is 4.49. The molecule has 1 aromatic heterocycles. The van der Waals surface area contributed by atoms with Crippen LogP contribution in [0.15, 0.2) is 0 Å². The smallest absolute Gasteiger partial charge is 0.314 e. The number of unbranched alkanes of at least 4 members (excludes halogenated alkanes) is 1. The molecule has 7 heteroatoms. The van der Waals surface area contributed by atoms with Crippen molar-refractivity contribution in [2.45, 2.75) is 57.8 Å². The molecule has 0 bridgehead atoms.